The number of amides is 2. The Bertz CT molecular complexity index is 369. The lowest BCUT2D eigenvalue weighted by Crippen LogP contribution is -2.46. The molecular formula is C13H19N3O. The number of carbonyl (C=O) groups excluding carboxylic acids is 1. The molecule has 0 atom stereocenters. The summed E-state index contributed by atoms with van der Waals surface area (Å²) in [5.74, 6) is 0. The van der Waals surface area contributed by atoms with Crippen molar-refractivity contribution in [3.8, 4) is 0 Å². The molecule has 1 aromatic rings. The van der Waals surface area contributed by atoms with Gasteiger partial charge in [-0.2, -0.15) is 0 Å². The van der Waals surface area contributed by atoms with E-state index in [1.54, 1.807) is 0 Å². The van der Waals surface area contributed by atoms with E-state index in [1.807, 2.05) is 36.2 Å². The fourth-order valence-corrected chi connectivity index (χ4v) is 1.95. The molecule has 2 rings (SSSR count). The van der Waals surface area contributed by atoms with Gasteiger partial charge in [0.05, 0.1) is 0 Å². The van der Waals surface area contributed by atoms with Gasteiger partial charge < -0.3 is 5.32 Å². The first kappa shape index (κ1) is 11.9. The number of hydrogen-bond donors (Lipinski definition) is 2. The lowest BCUT2D eigenvalue weighted by atomic mass is 10.2. The molecular weight excluding hydrogens is 214 g/mol. The lowest BCUT2D eigenvalue weighted by molar-refractivity contribution is 0.162. The van der Waals surface area contributed by atoms with Crippen molar-refractivity contribution in [3.05, 3.63) is 29.8 Å². The zero-order chi connectivity index (χ0) is 12.1. The Morgan fingerprint density at radius 1 is 1.12 bits per heavy atom. The molecule has 1 aliphatic rings. The number of hydrogen-bond acceptors (Lipinski definition) is 2. The molecule has 92 valence electrons. The van der Waals surface area contributed by atoms with Gasteiger partial charge in [0, 0.05) is 18.8 Å². The summed E-state index contributed by atoms with van der Waals surface area (Å²) in [6.07, 6.45) is 3.58. The molecule has 1 aliphatic heterocycles. The molecule has 2 amide bonds. The quantitative estimate of drug-likeness (QED) is 0.824. The van der Waals surface area contributed by atoms with Gasteiger partial charge in [0.1, 0.15) is 0 Å². The van der Waals surface area contributed by atoms with Gasteiger partial charge in [0.2, 0.25) is 0 Å². The second-order valence-electron chi connectivity index (χ2n) is 4.48. The summed E-state index contributed by atoms with van der Waals surface area (Å²) >= 11 is 0. The number of hydrazine groups is 1. The van der Waals surface area contributed by atoms with Crippen LogP contribution in [0.3, 0.4) is 0 Å². The number of anilines is 1. The average molecular weight is 233 g/mol. The van der Waals surface area contributed by atoms with Crippen LogP contribution >= 0.6 is 0 Å². The van der Waals surface area contributed by atoms with Gasteiger partial charge in [0.25, 0.3) is 0 Å². The van der Waals surface area contributed by atoms with Crippen LogP contribution in [0, 0.1) is 6.92 Å². The minimum Gasteiger partial charge on any atom is -0.307 e. The molecule has 0 aliphatic carbocycles. The fraction of sp³-hybridized carbons (Fsp3) is 0.462. The van der Waals surface area contributed by atoms with E-state index >= 15 is 0 Å². The number of carbonyl (C=O) groups is 1. The van der Waals surface area contributed by atoms with Crippen LogP contribution in [0.15, 0.2) is 24.3 Å². The van der Waals surface area contributed by atoms with Gasteiger partial charge in [-0.25, -0.2) is 9.80 Å². The van der Waals surface area contributed by atoms with Crippen LogP contribution < -0.4 is 10.7 Å². The largest absolute Gasteiger partial charge is 0.333 e. The van der Waals surface area contributed by atoms with E-state index in [0.29, 0.717) is 0 Å². The minimum atomic E-state index is -0.157. The van der Waals surface area contributed by atoms with Crippen molar-refractivity contribution in [2.75, 3.05) is 18.4 Å². The SMILES string of the molecule is Cc1ccc(NC(=O)NN2CCCCC2)cc1. The summed E-state index contributed by atoms with van der Waals surface area (Å²) in [6, 6.07) is 7.62. The first-order chi connectivity index (χ1) is 8.24. The monoisotopic (exact) mass is 233 g/mol. The molecule has 0 bridgehead atoms. The van der Waals surface area contributed by atoms with Crippen molar-refractivity contribution in [1.82, 2.24) is 10.4 Å². The Balaban J connectivity index is 1.82. The highest BCUT2D eigenvalue weighted by Gasteiger charge is 2.12. The Morgan fingerprint density at radius 2 is 1.76 bits per heavy atom. The molecule has 4 nitrogen and oxygen atoms in total. The van der Waals surface area contributed by atoms with Crippen LogP contribution in [-0.2, 0) is 0 Å². The summed E-state index contributed by atoms with van der Waals surface area (Å²) in [6.45, 7) is 3.92. The maximum Gasteiger partial charge on any atom is 0.333 e. The highest BCUT2D eigenvalue weighted by molar-refractivity contribution is 5.88. The van der Waals surface area contributed by atoms with Gasteiger partial charge in [-0.15, -0.1) is 0 Å². The molecule has 1 aromatic carbocycles. The molecule has 0 aromatic heterocycles. The molecule has 1 saturated heterocycles. The van der Waals surface area contributed by atoms with Crippen molar-refractivity contribution in [2.24, 2.45) is 0 Å². The second-order valence-corrected chi connectivity index (χ2v) is 4.48. The summed E-state index contributed by atoms with van der Waals surface area (Å²) in [7, 11) is 0. The third-order valence-electron chi connectivity index (χ3n) is 2.93. The van der Waals surface area contributed by atoms with Crippen LogP contribution in [0.25, 0.3) is 0 Å². The van der Waals surface area contributed by atoms with Gasteiger partial charge >= 0.3 is 6.03 Å². The number of piperidine rings is 1. The number of nitrogens with zero attached hydrogens (tertiary/aromatic N) is 1. The van der Waals surface area contributed by atoms with E-state index in [2.05, 4.69) is 10.7 Å². The Morgan fingerprint density at radius 3 is 2.41 bits per heavy atom. The molecule has 1 heterocycles. The van der Waals surface area contributed by atoms with Crippen LogP contribution in [0.2, 0.25) is 0 Å². The second kappa shape index (κ2) is 5.68. The molecule has 0 spiro atoms. The number of benzene rings is 1. The normalized spacial score (nSPS) is 16.5. The van der Waals surface area contributed by atoms with E-state index in [1.165, 1.54) is 12.0 Å². The number of rotatable bonds is 2. The number of aryl methyl sites for hydroxylation is 1. The summed E-state index contributed by atoms with van der Waals surface area (Å²) in [5, 5.41) is 4.80. The van der Waals surface area contributed by atoms with E-state index in [4.69, 9.17) is 0 Å². The van der Waals surface area contributed by atoms with Crippen LogP contribution in [0.5, 0.6) is 0 Å². The van der Waals surface area contributed by atoms with Crippen LogP contribution in [0.4, 0.5) is 10.5 Å². The third-order valence-corrected chi connectivity index (χ3v) is 2.93. The first-order valence-electron chi connectivity index (χ1n) is 6.13. The van der Waals surface area contributed by atoms with Crippen LogP contribution in [0.1, 0.15) is 24.8 Å². The van der Waals surface area contributed by atoms with E-state index in [9.17, 15) is 4.79 Å². The number of urea groups is 1. The van der Waals surface area contributed by atoms with Gasteiger partial charge in [-0.05, 0) is 31.9 Å². The Labute approximate surface area is 102 Å². The summed E-state index contributed by atoms with van der Waals surface area (Å²) in [5.41, 5.74) is 4.88. The molecule has 0 unspecified atom stereocenters. The predicted molar refractivity (Wildman–Crippen MR) is 68.8 cm³/mol. The molecule has 2 N–H and O–H groups in total. The lowest BCUT2D eigenvalue weighted by Gasteiger charge is -2.26. The van der Waals surface area contributed by atoms with Crippen LogP contribution in [-0.4, -0.2) is 24.1 Å². The minimum absolute atomic E-state index is 0.157. The Kier molecular flexibility index (Phi) is 3.98. The molecule has 1 fully saturated rings. The molecule has 4 heteroatoms. The number of nitrogens with one attached hydrogen (secondary N) is 2. The summed E-state index contributed by atoms with van der Waals surface area (Å²) in [4.78, 5) is 11.7. The smallest absolute Gasteiger partial charge is 0.307 e. The Hall–Kier alpha value is -1.55. The average Bonchev–Trinajstić information content (AvgIpc) is 2.33. The van der Waals surface area contributed by atoms with Crippen molar-refractivity contribution in [3.63, 3.8) is 0 Å². The molecule has 0 saturated carbocycles. The van der Waals surface area contributed by atoms with E-state index < -0.39 is 0 Å². The zero-order valence-electron chi connectivity index (χ0n) is 10.2. The van der Waals surface area contributed by atoms with Crippen molar-refractivity contribution in [2.45, 2.75) is 26.2 Å². The highest BCUT2D eigenvalue weighted by atomic mass is 16.2. The topological polar surface area (TPSA) is 44.4 Å². The molecule has 17 heavy (non-hydrogen) atoms. The zero-order valence-corrected chi connectivity index (χ0v) is 10.2. The highest BCUT2D eigenvalue weighted by Crippen LogP contribution is 2.09. The summed E-state index contributed by atoms with van der Waals surface area (Å²) < 4.78 is 0. The van der Waals surface area contributed by atoms with Gasteiger partial charge in [0.15, 0.2) is 0 Å². The maximum absolute atomic E-state index is 11.7. The molecule has 0 radical (unpaired) electrons. The van der Waals surface area contributed by atoms with E-state index in [0.717, 1.165) is 31.6 Å². The van der Waals surface area contributed by atoms with Gasteiger partial charge in [-0.1, -0.05) is 24.1 Å². The standard InChI is InChI=1S/C13H19N3O/c1-11-5-7-12(8-6-11)14-13(17)15-16-9-3-2-4-10-16/h5-8H,2-4,9-10H2,1H3,(H2,14,15,17). The van der Waals surface area contributed by atoms with Crippen molar-refractivity contribution in [1.29, 1.82) is 0 Å². The van der Waals surface area contributed by atoms with Gasteiger partial charge in [-0.3, -0.25) is 5.43 Å². The van der Waals surface area contributed by atoms with Crippen molar-refractivity contribution >= 4 is 11.7 Å². The maximum atomic E-state index is 11.7. The predicted octanol–water partition coefficient (Wildman–Crippen LogP) is 2.52. The fourth-order valence-electron chi connectivity index (χ4n) is 1.95. The van der Waals surface area contributed by atoms with E-state index in [-0.39, 0.29) is 6.03 Å². The first-order valence-corrected chi connectivity index (χ1v) is 6.13. The third kappa shape index (κ3) is 3.75. The van der Waals surface area contributed by atoms with Crippen molar-refractivity contribution < 1.29 is 4.79 Å².